The fourth-order valence-corrected chi connectivity index (χ4v) is 2.08. The minimum atomic E-state index is -1.38. The maximum Gasteiger partial charge on any atom is 0.328 e. The van der Waals surface area contributed by atoms with Crippen molar-refractivity contribution in [2.45, 2.75) is 19.1 Å². The van der Waals surface area contributed by atoms with Gasteiger partial charge in [0, 0.05) is 10.6 Å². The molecule has 1 aromatic carbocycles. The molecule has 0 unspecified atom stereocenters. The Morgan fingerprint density at radius 1 is 1.43 bits per heavy atom. The third kappa shape index (κ3) is 3.53. The van der Waals surface area contributed by atoms with E-state index in [1.54, 1.807) is 24.3 Å². The Bertz CT molecular complexity index is 611. The van der Waals surface area contributed by atoms with Crippen molar-refractivity contribution in [2.24, 2.45) is 0 Å². The van der Waals surface area contributed by atoms with Gasteiger partial charge in [0.25, 0.3) is 5.91 Å². The molecular formula is C14H14ClNO5. The molecule has 0 saturated carbocycles. The molecule has 2 atom stereocenters. The van der Waals surface area contributed by atoms with Crippen LogP contribution in [0.1, 0.15) is 12.5 Å². The van der Waals surface area contributed by atoms with Crippen LogP contribution in [0.15, 0.2) is 23.8 Å². The second-order valence-corrected chi connectivity index (χ2v) is 5.11. The Labute approximate surface area is 126 Å². The van der Waals surface area contributed by atoms with Gasteiger partial charge in [-0.1, -0.05) is 11.6 Å². The number of carbonyl (C=O) groups is 2. The van der Waals surface area contributed by atoms with Crippen LogP contribution in [0.25, 0.3) is 6.08 Å². The number of fused-ring (bicyclic) bond motifs is 1. The number of aliphatic hydroxyl groups is 1. The number of rotatable bonds is 4. The SMILES string of the molecule is C[C@@H](O)[C@H](NC(=O)C1=Cc2cc(Cl)ccc2OC1)C(=O)O. The van der Waals surface area contributed by atoms with Crippen LogP contribution in [-0.4, -0.2) is 40.8 Å². The predicted molar refractivity (Wildman–Crippen MR) is 76.2 cm³/mol. The molecule has 0 radical (unpaired) electrons. The van der Waals surface area contributed by atoms with E-state index in [0.717, 1.165) is 0 Å². The van der Waals surface area contributed by atoms with Crippen LogP contribution >= 0.6 is 11.6 Å². The number of halogens is 1. The Hall–Kier alpha value is -2.05. The fraction of sp³-hybridized carbons (Fsp3) is 0.286. The van der Waals surface area contributed by atoms with E-state index in [1.165, 1.54) is 6.92 Å². The summed E-state index contributed by atoms with van der Waals surface area (Å²) in [6.45, 7) is 1.31. The molecule has 0 aromatic heterocycles. The zero-order valence-electron chi connectivity index (χ0n) is 11.2. The van der Waals surface area contributed by atoms with Crippen LogP contribution < -0.4 is 10.1 Å². The molecule has 21 heavy (non-hydrogen) atoms. The second kappa shape index (κ2) is 6.15. The van der Waals surface area contributed by atoms with Gasteiger partial charge >= 0.3 is 5.97 Å². The standard InChI is InChI=1S/C14H14ClNO5/c1-7(17)12(14(19)20)16-13(18)9-4-8-5-10(15)2-3-11(8)21-6-9/h2-5,7,12,17H,6H2,1H3,(H,16,18)(H,19,20)/t7-,12+/m1/s1. The third-order valence-corrected chi connectivity index (χ3v) is 3.25. The smallest absolute Gasteiger partial charge is 0.328 e. The number of aliphatic carboxylic acids is 1. The summed E-state index contributed by atoms with van der Waals surface area (Å²) in [4.78, 5) is 23.0. The number of nitrogens with one attached hydrogen (secondary N) is 1. The topological polar surface area (TPSA) is 95.9 Å². The number of benzene rings is 1. The summed E-state index contributed by atoms with van der Waals surface area (Å²) in [5.41, 5.74) is 0.902. The van der Waals surface area contributed by atoms with Crippen molar-refractivity contribution in [3.05, 3.63) is 34.4 Å². The minimum Gasteiger partial charge on any atom is -0.488 e. The van der Waals surface area contributed by atoms with E-state index < -0.39 is 24.0 Å². The summed E-state index contributed by atoms with van der Waals surface area (Å²) in [7, 11) is 0. The van der Waals surface area contributed by atoms with Gasteiger partial charge in [0.05, 0.1) is 11.7 Å². The molecule has 6 nitrogen and oxygen atoms in total. The van der Waals surface area contributed by atoms with Crippen LogP contribution in [0.4, 0.5) is 0 Å². The first kappa shape index (κ1) is 15.3. The number of ether oxygens (including phenoxy) is 1. The van der Waals surface area contributed by atoms with Gasteiger partial charge in [-0.3, -0.25) is 4.79 Å². The van der Waals surface area contributed by atoms with Crippen molar-refractivity contribution in [1.29, 1.82) is 0 Å². The molecular weight excluding hydrogens is 298 g/mol. The van der Waals surface area contributed by atoms with Gasteiger partial charge in [-0.2, -0.15) is 0 Å². The normalized spacial score (nSPS) is 16.0. The van der Waals surface area contributed by atoms with Crippen molar-refractivity contribution >= 4 is 29.6 Å². The molecule has 1 aromatic rings. The van der Waals surface area contributed by atoms with Crippen molar-refractivity contribution in [3.8, 4) is 5.75 Å². The molecule has 3 N–H and O–H groups in total. The highest BCUT2D eigenvalue weighted by Crippen LogP contribution is 2.28. The lowest BCUT2D eigenvalue weighted by molar-refractivity contribution is -0.144. The minimum absolute atomic E-state index is 0.0205. The van der Waals surface area contributed by atoms with E-state index >= 15 is 0 Å². The molecule has 0 bridgehead atoms. The molecule has 7 heteroatoms. The molecule has 1 aliphatic heterocycles. The first-order chi connectivity index (χ1) is 9.88. The average Bonchev–Trinajstić information content (AvgIpc) is 2.42. The van der Waals surface area contributed by atoms with Gasteiger partial charge in [0.1, 0.15) is 12.4 Å². The van der Waals surface area contributed by atoms with Crippen LogP contribution in [0, 0.1) is 0 Å². The van der Waals surface area contributed by atoms with Gasteiger partial charge in [0.15, 0.2) is 6.04 Å². The zero-order chi connectivity index (χ0) is 15.6. The molecule has 2 rings (SSSR count). The summed E-state index contributed by atoms with van der Waals surface area (Å²) < 4.78 is 5.42. The molecule has 0 fully saturated rings. The van der Waals surface area contributed by atoms with Crippen LogP contribution in [-0.2, 0) is 9.59 Å². The number of carboxylic acids is 1. The third-order valence-electron chi connectivity index (χ3n) is 3.01. The number of amides is 1. The number of aliphatic hydroxyl groups excluding tert-OH is 1. The lowest BCUT2D eigenvalue weighted by Crippen LogP contribution is -2.48. The van der Waals surface area contributed by atoms with Gasteiger partial charge in [0.2, 0.25) is 0 Å². The lowest BCUT2D eigenvalue weighted by atomic mass is 10.1. The molecule has 0 spiro atoms. The summed E-state index contributed by atoms with van der Waals surface area (Å²) in [6.07, 6.45) is 0.374. The Morgan fingerprint density at radius 3 is 2.76 bits per heavy atom. The van der Waals surface area contributed by atoms with E-state index in [-0.39, 0.29) is 12.2 Å². The largest absolute Gasteiger partial charge is 0.488 e. The average molecular weight is 312 g/mol. The van der Waals surface area contributed by atoms with E-state index in [1.807, 2.05) is 0 Å². The van der Waals surface area contributed by atoms with Crippen LogP contribution in [0.2, 0.25) is 5.02 Å². The molecule has 1 amide bonds. The maximum absolute atomic E-state index is 12.0. The van der Waals surface area contributed by atoms with Gasteiger partial charge in [-0.25, -0.2) is 4.79 Å². The molecule has 0 saturated heterocycles. The summed E-state index contributed by atoms with van der Waals surface area (Å²) in [5.74, 6) is -1.31. The molecule has 0 aliphatic carbocycles. The van der Waals surface area contributed by atoms with E-state index in [2.05, 4.69) is 5.32 Å². The highest BCUT2D eigenvalue weighted by Gasteiger charge is 2.27. The fourth-order valence-electron chi connectivity index (χ4n) is 1.90. The number of hydrogen-bond donors (Lipinski definition) is 3. The van der Waals surface area contributed by atoms with E-state index in [4.69, 9.17) is 21.4 Å². The van der Waals surface area contributed by atoms with Gasteiger partial charge < -0.3 is 20.3 Å². The number of hydrogen-bond acceptors (Lipinski definition) is 4. The van der Waals surface area contributed by atoms with Crippen molar-refractivity contribution in [1.82, 2.24) is 5.32 Å². The van der Waals surface area contributed by atoms with E-state index in [0.29, 0.717) is 16.3 Å². The predicted octanol–water partition coefficient (Wildman–Crippen LogP) is 1.07. The summed E-state index contributed by atoms with van der Waals surface area (Å²) >= 11 is 5.88. The maximum atomic E-state index is 12.0. The number of carboxylic acid groups (broad SMARTS) is 1. The highest BCUT2D eigenvalue weighted by molar-refractivity contribution is 6.30. The van der Waals surface area contributed by atoms with Crippen LogP contribution in [0.3, 0.4) is 0 Å². The quantitative estimate of drug-likeness (QED) is 0.773. The molecule has 1 heterocycles. The van der Waals surface area contributed by atoms with Crippen molar-refractivity contribution < 1.29 is 24.5 Å². The Morgan fingerprint density at radius 2 is 2.14 bits per heavy atom. The molecule has 1 aliphatic rings. The first-order valence-electron chi connectivity index (χ1n) is 6.23. The van der Waals surface area contributed by atoms with Gasteiger partial charge in [-0.15, -0.1) is 0 Å². The Kier molecular flexibility index (Phi) is 4.50. The van der Waals surface area contributed by atoms with Crippen molar-refractivity contribution in [3.63, 3.8) is 0 Å². The van der Waals surface area contributed by atoms with E-state index in [9.17, 15) is 14.7 Å². The van der Waals surface area contributed by atoms with Gasteiger partial charge in [-0.05, 0) is 31.2 Å². The first-order valence-corrected chi connectivity index (χ1v) is 6.61. The monoisotopic (exact) mass is 311 g/mol. The zero-order valence-corrected chi connectivity index (χ0v) is 11.9. The highest BCUT2D eigenvalue weighted by atomic mass is 35.5. The number of carbonyl (C=O) groups excluding carboxylic acids is 1. The van der Waals surface area contributed by atoms with Crippen molar-refractivity contribution in [2.75, 3.05) is 6.61 Å². The lowest BCUT2D eigenvalue weighted by Gasteiger charge is -2.21. The summed E-state index contributed by atoms with van der Waals surface area (Å²) in [5, 5.41) is 21.1. The second-order valence-electron chi connectivity index (χ2n) is 4.67. The molecule has 112 valence electrons. The summed E-state index contributed by atoms with van der Waals surface area (Å²) in [6, 6.07) is 3.64. The Balaban J connectivity index is 2.19. The van der Waals surface area contributed by atoms with Crippen LogP contribution in [0.5, 0.6) is 5.75 Å².